The van der Waals surface area contributed by atoms with Crippen molar-refractivity contribution in [3.63, 3.8) is 0 Å². The predicted octanol–water partition coefficient (Wildman–Crippen LogP) is 5.76. The van der Waals surface area contributed by atoms with Crippen LogP contribution in [0.3, 0.4) is 0 Å². The van der Waals surface area contributed by atoms with Gasteiger partial charge in [-0.15, -0.1) is 0 Å². The standard InChI is InChI=1S/C17H29N.H2S.H2/c1-8-10-11-17(15(7)18)14(6)16(9-2)13(5)12(3)4;;/h8,10-13,16,18H,1,9H2,2-7H3;1H2;1H/b11-10-,17-14-,18-15?;;/t13-,16?;;/m1../s1. The second-order valence-corrected chi connectivity index (χ2v) is 5.43. The molecule has 0 fully saturated rings. The Kier molecular flexibility index (Phi) is 10.9. The highest BCUT2D eigenvalue weighted by Gasteiger charge is 2.22. The first-order chi connectivity index (χ1) is 8.36. The minimum absolute atomic E-state index is 0. The van der Waals surface area contributed by atoms with Crippen molar-refractivity contribution >= 4 is 19.2 Å². The van der Waals surface area contributed by atoms with Crippen molar-refractivity contribution in [1.82, 2.24) is 0 Å². The topological polar surface area (TPSA) is 23.9 Å². The summed E-state index contributed by atoms with van der Waals surface area (Å²) in [6, 6.07) is 0. The van der Waals surface area contributed by atoms with E-state index in [4.69, 9.17) is 5.41 Å². The van der Waals surface area contributed by atoms with E-state index in [1.165, 1.54) is 5.57 Å². The molecule has 0 aliphatic heterocycles. The van der Waals surface area contributed by atoms with Gasteiger partial charge in [-0.1, -0.05) is 58.1 Å². The minimum Gasteiger partial charge on any atom is -0.305 e. The molecule has 0 aliphatic rings. The number of hydrogen-bond donors (Lipinski definition) is 1. The van der Waals surface area contributed by atoms with Crippen LogP contribution >= 0.6 is 13.5 Å². The van der Waals surface area contributed by atoms with Crippen LogP contribution < -0.4 is 0 Å². The van der Waals surface area contributed by atoms with Crippen LogP contribution in [0.15, 0.2) is 36.0 Å². The molecule has 0 aromatic heterocycles. The third-order valence-corrected chi connectivity index (χ3v) is 3.91. The second kappa shape index (κ2) is 10.1. The van der Waals surface area contributed by atoms with Gasteiger partial charge in [0.1, 0.15) is 0 Å². The minimum atomic E-state index is 0. The Balaban J connectivity index is -0.00000144. The van der Waals surface area contributed by atoms with Crippen LogP contribution in [-0.2, 0) is 0 Å². The fourth-order valence-electron chi connectivity index (χ4n) is 2.45. The summed E-state index contributed by atoms with van der Waals surface area (Å²) in [6.45, 7) is 16.8. The van der Waals surface area contributed by atoms with Crippen molar-refractivity contribution in [1.29, 1.82) is 5.41 Å². The van der Waals surface area contributed by atoms with Gasteiger partial charge in [0.2, 0.25) is 0 Å². The van der Waals surface area contributed by atoms with Gasteiger partial charge in [0, 0.05) is 7.14 Å². The molecule has 0 spiro atoms. The molecule has 0 heterocycles. The first kappa shape index (κ1) is 20.6. The highest BCUT2D eigenvalue weighted by Crippen LogP contribution is 2.31. The van der Waals surface area contributed by atoms with Gasteiger partial charge in [-0.2, -0.15) is 13.5 Å². The Morgan fingerprint density at radius 1 is 1.26 bits per heavy atom. The van der Waals surface area contributed by atoms with Crippen molar-refractivity contribution in [2.75, 3.05) is 0 Å². The number of rotatable bonds is 7. The van der Waals surface area contributed by atoms with E-state index < -0.39 is 0 Å². The maximum absolute atomic E-state index is 7.93. The largest absolute Gasteiger partial charge is 0.305 e. The zero-order valence-electron chi connectivity index (χ0n) is 13.4. The van der Waals surface area contributed by atoms with Gasteiger partial charge >= 0.3 is 0 Å². The normalized spacial score (nSPS) is 15.7. The Morgan fingerprint density at radius 2 is 1.79 bits per heavy atom. The Hall–Kier alpha value is -0.760. The van der Waals surface area contributed by atoms with E-state index in [9.17, 15) is 0 Å². The Morgan fingerprint density at radius 3 is 2.11 bits per heavy atom. The second-order valence-electron chi connectivity index (χ2n) is 5.43. The van der Waals surface area contributed by atoms with Crippen molar-refractivity contribution < 1.29 is 1.43 Å². The lowest BCUT2D eigenvalue weighted by molar-refractivity contribution is 0.304. The van der Waals surface area contributed by atoms with E-state index in [0.29, 0.717) is 23.5 Å². The average molecular weight is 284 g/mol. The van der Waals surface area contributed by atoms with E-state index in [-0.39, 0.29) is 14.9 Å². The van der Waals surface area contributed by atoms with Crippen LogP contribution in [-0.4, -0.2) is 5.71 Å². The van der Waals surface area contributed by atoms with Gasteiger partial charge in [-0.25, -0.2) is 0 Å². The molecule has 0 saturated carbocycles. The molecule has 1 unspecified atom stereocenters. The van der Waals surface area contributed by atoms with Crippen LogP contribution in [0.2, 0.25) is 0 Å². The van der Waals surface area contributed by atoms with Crippen LogP contribution in [0.5, 0.6) is 0 Å². The summed E-state index contributed by atoms with van der Waals surface area (Å²) < 4.78 is 0. The highest BCUT2D eigenvalue weighted by molar-refractivity contribution is 7.59. The van der Waals surface area contributed by atoms with Crippen molar-refractivity contribution in [3.05, 3.63) is 36.0 Å². The van der Waals surface area contributed by atoms with E-state index >= 15 is 0 Å². The maximum atomic E-state index is 7.93. The molecule has 0 aromatic rings. The summed E-state index contributed by atoms with van der Waals surface area (Å²) >= 11 is 0. The predicted molar refractivity (Wildman–Crippen MR) is 95.7 cm³/mol. The lowest BCUT2D eigenvalue weighted by Crippen LogP contribution is -2.19. The van der Waals surface area contributed by atoms with Crippen molar-refractivity contribution in [3.8, 4) is 0 Å². The molecule has 0 rings (SSSR count). The van der Waals surface area contributed by atoms with Gasteiger partial charge in [0.15, 0.2) is 0 Å². The number of nitrogens with one attached hydrogen (secondary N) is 1. The molecule has 1 nitrogen and oxygen atoms in total. The maximum Gasteiger partial charge on any atom is 0.0354 e. The SMILES string of the molecule is C=C/C=C\C(C(C)=N)=C(/C)C(CC)[C@H](C)C(C)C.S.[HH]. The fraction of sp³-hybridized carbons (Fsp3) is 0.588. The summed E-state index contributed by atoms with van der Waals surface area (Å²) in [6.07, 6.45) is 6.83. The van der Waals surface area contributed by atoms with E-state index in [0.717, 1.165) is 12.0 Å². The third kappa shape index (κ3) is 6.29. The first-order valence-electron chi connectivity index (χ1n) is 6.92. The summed E-state index contributed by atoms with van der Waals surface area (Å²) in [4.78, 5) is 0. The summed E-state index contributed by atoms with van der Waals surface area (Å²) in [7, 11) is 0. The average Bonchev–Trinajstić information content (AvgIpc) is 2.29. The van der Waals surface area contributed by atoms with Crippen LogP contribution in [0.4, 0.5) is 0 Å². The molecule has 0 aliphatic carbocycles. The highest BCUT2D eigenvalue weighted by atomic mass is 32.1. The lowest BCUT2D eigenvalue weighted by Gasteiger charge is -2.28. The molecule has 112 valence electrons. The van der Waals surface area contributed by atoms with Crippen molar-refractivity contribution in [2.24, 2.45) is 17.8 Å². The molecule has 1 N–H and O–H groups in total. The number of hydrogen-bond acceptors (Lipinski definition) is 1. The Bertz CT molecular complexity index is 356. The van der Waals surface area contributed by atoms with Gasteiger partial charge in [0.25, 0.3) is 0 Å². The number of allylic oxidation sites excluding steroid dienone is 5. The van der Waals surface area contributed by atoms with Gasteiger partial charge in [-0.3, -0.25) is 0 Å². The van der Waals surface area contributed by atoms with Crippen LogP contribution in [0.25, 0.3) is 0 Å². The monoisotopic (exact) mass is 283 g/mol. The molecule has 2 heteroatoms. The molecular formula is C17H33NS. The van der Waals surface area contributed by atoms with Crippen LogP contribution in [0.1, 0.15) is 49.4 Å². The molecule has 0 amide bonds. The van der Waals surface area contributed by atoms with E-state index in [1.807, 2.05) is 19.1 Å². The molecule has 2 atom stereocenters. The van der Waals surface area contributed by atoms with Gasteiger partial charge < -0.3 is 5.41 Å². The summed E-state index contributed by atoms with van der Waals surface area (Å²) in [5.74, 6) is 1.86. The zero-order chi connectivity index (χ0) is 14.3. The van der Waals surface area contributed by atoms with Crippen LogP contribution in [0, 0.1) is 23.2 Å². The summed E-state index contributed by atoms with van der Waals surface area (Å²) in [5.41, 5.74) is 3.04. The quantitative estimate of drug-likeness (QED) is 0.453. The van der Waals surface area contributed by atoms with E-state index in [2.05, 4.69) is 41.2 Å². The molecule has 0 radical (unpaired) electrons. The third-order valence-electron chi connectivity index (χ3n) is 3.91. The first-order valence-corrected chi connectivity index (χ1v) is 6.92. The molecular weight excluding hydrogens is 250 g/mol. The van der Waals surface area contributed by atoms with Crippen molar-refractivity contribution in [2.45, 2.75) is 48.0 Å². The smallest absolute Gasteiger partial charge is 0.0354 e. The lowest BCUT2D eigenvalue weighted by atomic mass is 9.77. The Labute approximate surface area is 128 Å². The van der Waals surface area contributed by atoms with Gasteiger partial charge in [0.05, 0.1) is 0 Å². The molecule has 0 bridgehead atoms. The molecule has 19 heavy (non-hydrogen) atoms. The summed E-state index contributed by atoms with van der Waals surface area (Å²) in [5, 5.41) is 7.93. The van der Waals surface area contributed by atoms with E-state index in [1.54, 1.807) is 6.08 Å². The molecule has 0 saturated heterocycles. The molecule has 0 aromatic carbocycles. The fourth-order valence-corrected chi connectivity index (χ4v) is 2.45. The van der Waals surface area contributed by atoms with Gasteiger partial charge in [-0.05, 0) is 43.6 Å². The zero-order valence-corrected chi connectivity index (χ0v) is 14.4.